The molecule has 122 valence electrons. The Hall–Kier alpha value is -2.10. The standard InChI is InChI=1S/C20H20ClN3/c21-18-8-4-7-17-19(9-10-22-20(17)18)24-13-11-23(12-14-24)15-16-5-2-1-3-6-16/h1-10H,11-15H2. The second-order valence-electron chi connectivity index (χ2n) is 6.21. The average Bonchev–Trinajstić information content (AvgIpc) is 2.63. The van der Waals surface area contributed by atoms with Crippen molar-refractivity contribution in [1.29, 1.82) is 0 Å². The van der Waals surface area contributed by atoms with Gasteiger partial charge in [-0.3, -0.25) is 9.88 Å². The van der Waals surface area contributed by atoms with E-state index in [1.807, 2.05) is 18.3 Å². The third-order valence-electron chi connectivity index (χ3n) is 4.66. The van der Waals surface area contributed by atoms with Gasteiger partial charge in [0.25, 0.3) is 0 Å². The first-order valence-electron chi connectivity index (χ1n) is 8.36. The lowest BCUT2D eigenvalue weighted by Gasteiger charge is -2.36. The summed E-state index contributed by atoms with van der Waals surface area (Å²) in [6, 6.07) is 18.8. The van der Waals surface area contributed by atoms with Crippen LogP contribution in [0.15, 0.2) is 60.8 Å². The number of piperazine rings is 1. The van der Waals surface area contributed by atoms with Crippen LogP contribution < -0.4 is 4.90 Å². The van der Waals surface area contributed by atoms with E-state index in [9.17, 15) is 0 Å². The number of fused-ring (bicyclic) bond motifs is 1. The lowest BCUT2D eigenvalue weighted by atomic mass is 10.1. The smallest absolute Gasteiger partial charge is 0.0908 e. The molecule has 0 spiro atoms. The van der Waals surface area contributed by atoms with Crippen molar-refractivity contribution in [3.05, 3.63) is 71.4 Å². The Morgan fingerprint density at radius 2 is 1.67 bits per heavy atom. The summed E-state index contributed by atoms with van der Waals surface area (Å²) in [6.45, 7) is 5.22. The molecule has 1 aromatic heterocycles. The molecular weight excluding hydrogens is 318 g/mol. The van der Waals surface area contributed by atoms with Gasteiger partial charge in [-0.1, -0.05) is 54.1 Å². The van der Waals surface area contributed by atoms with E-state index in [2.05, 4.69) is 57.2 Å². The first-order valence-corrected chi connectivity index (χ1v) is 8.73. The molecular formula is C20H20ClN3. The van der Waals surface area contributed by atoms with Gasteiger partial charge in [0, 0.05) is 50.0 Å². The minimum atomic E-state index is 0.720. The van der Waals surface area contributed by atoms with Crippen LogP contribution in [0, 0.1) is 0 Å². The minimum absolute atomic E-state index is 0.720. The fourth-order valence-corrected chi connectivity index (χ4v) is 3.61. The van der Waals surface area contributed by atoms with E-state index < -0.39 is 0 Å². The third kappa shape index (κ3) is 3.10. The summed E-state index contributed by atoms with van der Waals surface area (Å²) in [5.74, 6) is 0. The van der Waals surface area contributed by atoms with E-state index in [4.69, 9.17) is 11.6 Å². The van der Waals surface area contributed by atoms with Crippen LogP contribution in [-0.2, 0) is 6.54 Å². The number of nitrogens with zero attached hydrogens (tertiary/aromatic N) is 3. The number of anilines is 1. The molecule has 0 amide bonds. The van der Waals surface area contributed by atoms with Gasteiger partial charge in [-0.15, -0.1) is 0 Å². The van der Waals surface area contributed by atoms with E-state index in [1.54, 1.807) is 0 Å². The highest BCUT2D eigenvalue weighted by atomic mass is 35.5. The topological polar surface area (TPSA) is 19.4 Å². The van der Waals surface area contributed by atoms with Gasteiger partial charge in [0.1, 0.15) is 0 Å². The molecule has 2 heterocycles. The zero-order valence-electron chi connectivity index (χ0n) is 13.5. The predicted molar refractivity (Wildman–Crippen MR) is 101 cm³/mol. The van der Waals surface area contributed by atoms with Crippen LogP contribution in [0.4, 0.5) is 5.69 Å². The van der Waals surface area contributed by atoms with Gasteiger partial charge in [0.2, 0.25) is 0 Å². The lowest BCUT2D eigenvalue weighted by Crippen LogP contribution is -2.46. The van der Waals surface area contributed by atoms with Crippen molar-refractivity contribution < 1.29 is 0 Å². The van der Waals surface area contributed by atoms with Crippen molar-refractivity contribution in [3.63, 3.8) is 0 Å². The van der Waals surface area contributed by atoms with E-state index in [-0.39, 0.29) is 0 Å². The van der Waals surface area contributed by atoms with Crippen molar-refractivity contribution in [2.45, 2.75) is 6.54 Å². The van der Waals surface area contributed by atoms with Gasteiger partial charge in [-0.05, 0) is 17.7 Å². The minimum Gasteiger partial charge on any atom is -0.368 e. The molecule has 3 aromatic rings. The normalized spacial score (nSPS) is 15.8. The fraction of sp³-hybridized carbons (Fsp3) is 0.250. The molecule has 0 bridgehead atoms. The van der Waals surface area contributed by atoms with Crippen LogP contribution in [0.2, 0.25) is 5.02 Å². The first kappa shape index (κ1) is 15.4. The molecule has 0 saturated carbocycles. The van der Waals surface area contributed by atoms with E-state index in [0.717, 1.165) is 48.6 Å². The monoisotopic (exact) mass is 337 g/mol. The molecule has 1 fully saturated rings. The Labute approximate surface area is 147 Å². The van der Waals surface area contributed by atoms with Crippen molar-refractivity contribution in [1.82, 2.24) is 9.88 Å². The fourth-order valence-electron chi connectivity index (χ4n) is 3.39. The number of hydrogen-bond acceptors (Lipinski definition) is 3. The molecule has 0 unspecified atom stereocenters. The Bertz CT molecular complexity index is 827. The largest absolute Gasteiger partial charge is 0.368 e. The molecule has 1 saturated heterocycles. The summed E-state index contributed by atoms with van der Waals surface area (Å²) in [5, 5.41) is 1.86. The molecule has 0 atom stereocenters. The van der Waals surface area contributed by atoms with E-state index in [0.29, 0.717) is 0 Å². The van der Waals surface area contributed by atoms with Gasteiger partial charge < -0.3 is 4.90 Å². The van der Waals surface area contributed by atoms with Crippen LogP contribution in [0.25, 0.3) is 10.9 Å². The number of benzene rings is 2. The summed E-state index contributed by atoms with van der Waals surface area (Å²) in [7, 11) is 0. The van der Waals surface area contributed by atoms with Crippen LogP contribution >= 0.6 is 11.6 Å². The van der Waals surface area contributed by atoms with E-state index >= 15 is 0 Å². The Balaban J connectivity index is 1.49. The van der Waals surface area contributed by atoms with Crippen LogP contribution in [-0.4, -0.2) is 36.1 Å². The first-order chi connectivity index (χ1) is 11.8. The molecule has 3 nitrogen and oxygen atoms in total. The molecule has 0 N–H and O–H groups in total. The highest BCUT2D eigenvalue weighted by Gasteiger charge is 2.19. The number of aromatic nitrogens is 1. The summed E-state index contributed by atoms with van der Waals surface area (Å²) in [6.07, 6.45) is 1.86. The number of pyridine rings is 1. The zero-order valence-corrected chi connectivity index (χ0v) is 14.3. The maximum atomic E-state index is 6.29. The molecule has 24 heavy (non-hydrogen) atoms. The second-order valence-corrected chi connectivity index (χ2v) is 6.62. The summed E-state index contributed by atoms with van der Waals surface area (Å²) in [5.41, 5.74) is 3.51. The Morgan fingerprint density at radius 3 is 2.46 bits per heavy atom. The molecule has 4 heteroatoms. The number of halogens is 1. The van der Waals surface area contributed by atoms with Gasteiger partial charge in [0.15, 0.2) is 0 Å². The van der Waals surface area contributed by atoms with Crippen LogP contribution in [0.1, 0.15) is 5.56 Å². The maximum absolute atomic E-state index is 6.29. The summed E-state index contributed by atoms with van der Waals surface area (Å²) < 4.78 is 0. The van der Waals surface area contributed by atoms with E-state index in [1.165, 1.54) is 11.3 Å². The maximum Gasteiger partial charge on any atom is 0.0908 e. The Kier molecular flexibility index (Phi) is 4.37. The van der Waals surface area contributed by atoms with Gasteiger partial charge >= 0.3 is 0 Å². The third-order valence-corrected chi connectivity index (χ3v) is 4.97. The molecule has 1 aliphatic rings. The Morgan fingerprint density at radius 1 is 0.875 bits per heavy atom. The van der Waals surface area contributed by atoms with Gasteiger partial charge in [0.05, 0.1) is 10.5 Å². The second kappa shape index (κ2) is 6.80. The summed E-state index contributed by atoms with van der Waals surface area (Å²) >= 11 is 6.29. The number of para-hydroxylation sites is 1. The number of hydrogen-bond donors (Lipinski definition) is 0. The SMILES string of the molecule is Clc1cccc2c(N3CCN(Cc4ccccc4)CC3)ccnc12. The molecule has 0 aliphatic carbocycles. The van der Waals surface area contributed by atoms with Crippen LogP contribution in [0.3, 0.4) is 0 Å². The van der Waals surface area contributed by atoms with Crippen molar-refractivity contribution in [3.8, 4) is 0 Å². The van der Waals surface area contributed by atoms with Gasteiger partial charge in [-0.25, -0.2) is 0 Å². The summed E-state index contributed by atoms with van der Waals surface area (Å²) in [4.78, 5) is 9.40. The van der Waals surface area contributed by atoms with Crippen molar-refractivity contribution >= 4 is 28.2 Å². The highest BCUT2D eigenvalue weighted by molar-refractivity contribution is 6.35. The quantitative estimate of drug-likeness (QED) is 0.713. The highest BCUT2D eigenvalue weighted by Crippen LogP contribution is 2.30. The molecule has 0 radical (unpaired) electrons. The zero-order chi connectivity index (χ0) is 16.4. The molecule has 2 aromatic carbocycles. The van der Waals surface area contributed by atoms with Crippen LogP contribution in [0.5, 0.6) is 0 Å². The average molecular weight is 338 g/mol. The molecule has 4 rings (SSSR count). The lowest BCUT2D eigenvalue weighted by molar-refractivity contribution is 0.250. The predicted octanol–water partition coefficient (Wildman–Crippen LogP) is 4.21. The molecule has 1 aliphatic heterocycles. The van der Waals surface area contributed by atoms with Gasteiger partial charge in [-0.2, -0.15) is 0 Å². The number of rotatable bonds is 3. The van der Waals surface area contributed by atoms with Crippen molar-refractivity contribution in [2.75, 3.05) is 31.1 Å². The van der Waals surface area contributed by atoms with Crippen molar-refractivity contribution in [2.24, 2.45) is 0 Å².